The quantitative estimate of drug-likeness (QED) is 0.439. The molecule has 2 amide bonds. The van der Waals surface area contributed by atoms with Gasteiger partial charge in [-0.1, -0.05) is 29.4 Å². The molecule has 1 aliphatic rings. The lowest BCUT2D eigenvalue weighted by molar-refractivity contribution is -0.0757. The maximum atomic E-state index is 12.1. The summed E-state index contributed by atoms with van der Waals surface area (Å²) in [5, 5.41) is 4.48. The molecule has 7 heteroatoms. The minimum Gasteiger partial charge on any atom is -0.497 e. The van der Waals surface area contributed by atoms with Gasteiger partial charge in [-0.15, -0.1) is 5.06 Å². The van der Waals surface area contributed by atoms with Gasteiger partial charge >= 0.3 is 0 Å². The van der Waals surface area contributed by atoms with E-state index < -0.39 is 11.8 Å². The lowest BCUT2D eigenvalue weighted by Crippen LogP contribution is -2.30. The molecule has 2 aromatic rings. The molecule has 0 aromatic heterocycles. The Morgan fingerprint density at radius 2 is 1.64 bits per heavy atom. The Morgan fingerprint density at radius 3 is 2.24 bits per heavy atom. The number of benzene rings is 2. The second kappa shape index (κ2) is 7.59. The summed E-state index contributed by atoms with van der Waals surface area (Å²) in [6, 6.07) is 14.0. The predicted molar refractivity (Wildman–Crippen MR) is 89.2 cm³/mol. The number of hydrogen-bond acceptors (Lipinski definition) is 6. The minimum atomic E-state index is -0.479. The van der Waals surface area contributed by atoms with E-state index in [0.29, 0.717) is 11.1 Å². The summed E-state index contributed by atoms with van der Waals surface area (Å²) in [4.78, 5) is 34.4. The third-order valence-electron chi connectivity index (χ3n) is 3.57. The van der Waals surface area contributed by atoms with E-state index in [1.807, 2.05) is 24.3 Å². The van der Waals surface area contributed by atoms with Crippen molar-refractivity contribution in [1.29, 1.82) is 0 Å². The number of nitrogens with zero attached hydrogens (tertiary/aromatic N) is 2. The van der Waals surface area contributed by atoms with Crippen molar-refractivity contribution in [2.75, 3.05) is 13.7 Å². The average molecular weight is 340 g/mol. The summed E-state index contributed by atoms with van der Waals surface area (Å²) in [5.41, 5.74) is 1.60. The van der Waals surface area contributed by atoms with E-state index in [1.54, 1.807) is 31.4 Å². The molecular formula is C18H16N2O5. The first kappa shape index (κ1) is 16.7. The largest absolute Gasteiger partial charge is 0.497 e. The molecule has 0 N–H and O–H groups in total. The number of fused-ring (bicyclic) bond motifs is 1. The van der Waals surface area contributed by atoms with Crippen LogP contribution in [0.15, 0.2) is 53.7 Å². The highest BCUT2D eigenvalue weighted by Gasteiger charge is 2.36. The Hall–Kier alpha value is -3.19. The number of hydroxylamine groups is 2. The van der Waals surface area contributed by atoms with Crippen LogP contribution in [0, 0.1) is 0 Å². The molecule has 0 fully saturated rings. The van der Waals surface area contributed by atoms with Gasteiger partial charge in [-0.05, 0) is 29.8 Å². The number of rotatable bonds is 7. The summed E-state index contributed by atoms with van der Waals surface area (Å²) < 4.78 is 5.07. The van der Waals surface area contributed by atoms with Crippen LogP contribution in [0.3, 0.4) is 0 Å². The molecule has 0 aliphatic carbocycles. The van der Waals surface area contributed by atoms with Gasteiger partial charge in [0.25, 0.3) is 11.8 Å². The summed E-state index contributed by atoms with van der Waals surface area (Å²) in [6.07, 6.45) is 1.34. The fourth-order valence-corrected chi connectivity index (χ4v) is 2.31. The van der Waals surface area contributed by atoms with E-state index in [-0.39, 0.29) is 13.2 Å². The van der Waals surface area contributed by atoms with Crippen LogP contribution in [-0.4, -0.2) is 36.8 Å². The second-order valence-electron chi connectivity index (χ2n) is 5.16. The molecule has 0 saturated carbocycles. The van der Waals surface area contributed by atoms with E-state index >= 15 is 0 Å². The number of carbonyl (C=O) groups excluding carboxylic acids is 2. The summed E-state index contributed by atoms with van der Waals surface area (Å²) >= 11 is 0. The van der Waals surface area contributed by atoms with Crippen molar-refractivity contribution in [1.82, 2.24) is 5.06 Å². The van der Waals surface area contributed by atoms with Gasteiger partial charge in [0, 0.05) is 0 Å². The first-order valence-corrected chi connectivity index (χ1v) is 7.58. The highest BCUT2D eigenvalue weighted by molar-refractivity contribution is 6.20. The van der Waals surface area contributed by atoms with E-state index in [2.05, 4.69) is 5.16 Å². The Morgan fingerprint density at radius 1 is 1.00 bits per heavy atom. The number of carbonyl (C=O) groups is 2. The van der Waals surface area contributed by atoms with Crippen LogP contribution < -0.4 is 4.74 Å². The van der Waals surface area contributed by atoms with Crippen LogP contribution in [0.4, 0.5) is 0 Å². The second-order valence-corrected chi connectivity index (χ2v) is 5.16. The topological polar surface area (TPSA) is 77.4 Å². The van der Waals surface area contributed by atoms with Crippen molar-refractivity contribution in [3.05, 3.63) is 65.2 Å². The first-order valence-electron chi connectivity index (χ1n) is 7.58. The molecular weight excluding hydrogens is 324 g/mol. The normalized spacial score (nSPS) is 13.4. The van der Waals surface area contributed by atoms with Gasteiger partial charge in [-0.3, -0.25) is 14.4 Å². The van der Waals surface area contributed by atoms with Gasteiger partial charge in [0.2, 0.25) is 0 Å². The van der Waals surface area contributed by atoms with Crippen molar-refractivity contribution >= 4 is 18.0 Å². The highest BCUT2D eigenvalue weighted by atomic mass is 16.7. The zero-order valence-electron chi connectivity index (χ0n) is 13.5. The van der Waals surface area contributed by atoms with Crippen LogP contribution in [0.2, 0.25) is 0 Å². The molecule has 0 radical (unpaired) electrons. The van der Waals surface area contributed by atoms with Crippen molar-refractivity contribution < 1.29 is 24.0 Å². The number of imide groups is 1. The van der Waals surface area contributed by atoms with Crippen LogP contribution in [0.5, 0.6) is 5.75 Å². The predicted octanol–water partition coefficient (Wildman–Crippen LogP) is 2.43. The number of methoxy groups -OCH3 is 1. The minimum absolute atomic E-state index is 0.0614. The third kappa shape index (κ3) is 3.67. The Balaban J connectivity index is 1.44. The molecule has 0 atom stereocenters. The van der Waals surface area contributed by atoms with Gasteiger partial charge in [0.05, 0.1) is 24.5 Å². The first-order chi connectivity index (χ1) is 12.2. The van der Waals surface area contributed by atoms with Gasteiger partial charge in [-0.2, -0.15) is 0 Å². The summed E-state index contributed by atoms with van der Waals surface area (Å²) in [5.74, 6) is -0.192. The Labute approximate surface area is 144 Å². The molecule has 0 saturated heterocycles. The number of hydrogen-bond donors (Lipinski definition) is 0. The van der Waals surface area contributed by atoms with Gasteiger partial charge in [0.15, 0.2) is 0 Å². The maximum absolute atomic E-state index is 12.1. The van der Waals surface area contributed by atoms with Gasteiger partial charge in [-0.25, -0.2) is 0 Å². The molecule has 3 rings (SSSR count). The monoisotopic (exact) mass is 340 g/mol. The maximum Gasteiger partial charge on any atom is 0.285 e. The Kier molecular flexibility index (Phi) is 5.06. The molecule has 1 heterocycles. The number of ether oxygens (including phenoxy) is 1. The SMILES string of the molecule is COc1ccc(CON=CCON2C(=O)c3ccccc3C2=O)cc1. The lowest BCUT2D eigenvalue weighted by atomic mass is 10.1. The molecule has 7 nitrogen and oxygen atoms in total. The summed E-state index contributed by atoms with van der Waals surface area (Å²) in [6.45, 7) is 0.224. The zero-order chi connectivity index (χ0) is 17.6. The van der Waals surface area contributed by atoms with Crippen molar-refractivity contribution in [3.8, 4) is 5.75 Å². The standard InChI is InChI=1S/C18H16N2O5/c1-23-14-8-6-13(7-9-14)12-24-19-10-11-25-20-17(21)15-4-2-3-5-16(15)18(20)22/h2-10H,11-12H2,1H3. The molecule has 0 unspecified atom stereocenters. The number of oxime groups is 1. The number of amides is 2. The van der Waals surface area contributed by atoms with Gasteiger partial charge in [0.1, 0.15) is 19.0 Å². The van der Waals surface area contributed by atoms with Crippen LogP contribution in [-0.2, 0) is 16.3 Å². The van der Waals surface area contributed by atoms with Crippen LogP contribution in [0.25, 0.3) is 0 Å². The van der Waals surface area contributed by atoms with E-state index in [0.717, 1.165) is 16.4 Å². The molecule has 0 bridgehead atoms. The highest BCUT2D eigenvalue weighted by Crippen LogP contribution is 2.22. The van der Waals surface area contributed by atoms with Gasteiger partial charge < -0.3 is 9.57 Å². The molecule has 0 spiro atoms. The van der Waals surface area contributed by atoms with Crippen molar-refractivity contribution in [2.24, 2.45) is 5.16 Å². The van der Waals surface area contributed by atoms with Crippen LogP contribution >= 0.6 is 0 Å². The molecule has 1 aliphatic heterocycles. The van der Waals surface area contributed by atoms with E-state index in [1.165, 1.54) is 6.21 Å². The average Bonchev–Trinajstić information content (AvgIpc) is 2.90. The molecule has 2 aromatic carbocycles. The van der Waals surface area contributed by atoms with E-state index in [9.17, 15) is 9.59 Å². The van der Waals surface area contributed by atoms with Crippen molar-refractivity contribution in [2.45, 2.75) is 6.61 Å². The van der Waals surface area contributed by atoms with E-state index in [4.69, 9.17) is 14.4 Å². The van der Waals surface area contributed by atoms with Crippen molar-refractivity contribution in [3.63, 3.8) is 0 Å². The smallest absolute Gasteiger partial charge is 0.285 e. The molecule has 128 valence electrons. The lowest BCUT2D eigenvalue weighted by Gasteiger charge is -2.11. The zero-order valence-corrected chi connectivity index (χ0v) is 13.5. The van der Waals surface area contributed by atoms with Crippen LogP contribution in [0.1, 0.15) is 26.3 Å². The summed E-state index contributed by atoms with van der Waals surface area (Å²) in [7, 11) is 1.60. The fraction of sp³-hybridized carbons (Fsp3) is 0.167. The fourth-order valence-electron chi connectivity index (χ4n) is 2.31. The third-order valence-corrected chi connectivity index (χ3v) is 3.57. The Bertz CT molecular complexity index is 766. The molecule has 25 heavy (non-hydrogen) atoms.